The van der Waals surface area contributed by atoms with Gasteiger partial charge in [-0.25, -0.2) is 0 Å². The molecular weight excluding hydrogens is 536 g/mol. The van der Waals surface area contributed by atoms with Crippen LogP contribution in [0.15, 0.2) is 0 Å². The predicted molar refractivity (Wildman–Crippen MR) is 176 cm³/mol. The molecule has 0 aliphatic heterocycles. The molecule has 7 N–H and O–H groups in total. The van der Waals surface area contributed by atoms with Crippen molar-refractivity contribution in [3.05, 3.63) is 0 Å². The van der Waals surface area contributed by atoms with Gasteiger partial charge in [0.2, 0.25) is 5.91 Å². The molecule has 4 unspecified atom stereocenters. The van der Waals surface area contributed by atoms with Gasteiger partial charge in [0, 0.05) is 32.1 Å². The molecule has 0 aromatic rings. The number of nitrogens with two attached hydrogens (primary N) is 1. The van der Waals surface area contributed by atoms with Crippen LogP contribution in [0.4, 0.5) is 0 Å². The minimum atomic E-state index is -0.332. The van der Waals surface area contributed by atoms with Crippen molar-refractivity contribution in [2.24, 2.45) is 63.4 Å². The van der Waals surface area contributed by atoms with Crippen molar-refractivity contribution in [1.82, 2.24) is 16.0 Å². The van der Waals surface area contributed by atoms with Crippen LogP contribution >= 0.6 is 0 Å². The van der Waals surface area contributed by atoms with Crippen molar-refractivity contribution in [3.63, 3.8) is 0 Å². The van der Waals surface area contributed by atoms with Gasteiger partial charge < -0.3 is 31.9 Å². The first-order valence-corrected chi connectivity index (χ1v) is 18.2. The molecule has 0 saturated heterocycles. The molecule has 0 bridgehead atoms. The molecule has 0 aromatic carbocycles. The number of aliphatic hydroxyl groups is 2. The number of hydrogen-bond acceptors (Lipinski definition) is 6. The highest BCUT2D eigenvalue weighted by atomic mass is 16.3. The predicted octanol–water partition coefficient (Wildman–Crippen LogP) is 4.70. The Morgan fingerprint density at radius 3 is 2.23 bits per heavy atom. The average molecular weight is 605 g/mol. The Kier molecular flexibility index (Phi) is 12.1. The maximum atomic E-state index is 13.9. The lowest BCUT2D eigenvalue weighted by molar-refractivity contribution is -0.239. The number of aliphatic hydroxyl groups excluding tert-OH is 2. The van der Waals surface area contributed by atoms with Gasteiger partial charge in [0.05, 0.1) is 12.2 Å². The van der Waals surface area contributed by atoms with E-state index in [0.29, 0.717) is 42.7 Å². The summed E-state index contributed by atoms with van der Waals surface area (Å²) < 4.78 is 0. The molecule has 43 heavy (non-hydrogen) atoms. The lowest BCUT2D eigenvalue weighted by atomic mass is 9.36. The van der Waals surface area contributed by atoms with Gasteiger partial charge in [0.15, 0.2) is 0 Å². The highest BCUT2D eigenvalue weighted by Crippen LogP contribution is 2.74. The van der Waals surface area contributed by atoms with Crippen molar-refractivity contribution in [1.29, 1.82) is 0 Å². The summed E-state index contributed by atoms with van der Waals surface area (Å²) in [5.41, 5.74) is 5.79. The van der Waals surface area contributed by atoms with Crippen LogP contribution in [-0.4, -0.2) is 67.6 Å². The topological polar surface area (TPSA) is 120 Å². The number of fused-ring (bicyclic) bond motifs is 5. The number of hydrogen-bond donors (Lipinski definition) is 6. The summed E-state index contributed by atoms with van der Waals surface area (Å²) >= 11 is 0. The number of nitrogens with one attached hydrogen (secondary N) is 3. The van der Waals surface area contributed by atoms with Gasteiger partial charge in [-0.2, -0.15) is 0 Å². The first-order chi connectivity index (χ1) is 20.4. The monoisotopic (exact) mass is 605 g/mol. The molecule has 0 radical (unpaired) electrons. The van der Waals surface area contributed by atoms with Crippen LogP contribution in [0.3, 0.4) is 0 Å². The molecule has 4 fully saturated rings. The number of carbonyl (C=O) groups excluding carboxylic acids is 1. The zero-order chi connectivity index (χ0) is 31.4. The summed E-state index contributed by atoms with van der Waals surface area (Å²) in [6, 6.07) is 0. The Morgan fingerprint density at radius 2 is 1.53 bits per heavy atom. The highest BCUT2D eigenvalue weighted by Gasteiger charge is 2.70. The largest absolute Gasteiger partial charge is 0.393 e. The zero-order valence-electron chi connectivity index (χ0n) is 28.6. The number of carbonyl (C=O) groups is 1. The first kappa shape index (κ1) is 35.1. The van der Waals surface area contributed by atoms with Crippen LogP contribution in [0.5, 0.6) is 0 Å². The summed E-state index contributed by atoms with van der Waals surface area (Å²) in [4.78, 5) is 13.9. The lowest BCUT2D eigenvalue weighted by Gasteiger charge is -2.69. The zero-order valence-corrected chi connectivity index (χ0v) is 28.6. The summed E-state index contributed by atoms with van der Waals surface area (Å²) in [5.74, 6) is 2.66. The second-order valence-corrected chi connectivity index (χ2v) is 16.4. The number of rotatable bonds is 15. The quantitative estimate of drug-likeness (QED) is 0.151. The summed E-state index contributed by atoms with van der Waals surface area (Å²) in [6.45, 7) is 19.2. The van der Waals surface area contributed by atoms with Crippen molar-refractivity contribution < 1.29 is 15.0 Å². The van der Waals surface area contributed by atoms with Crippen molar-refractivity contribution in [2.45, 2.75) is 124 Å². The van der Waals surface area contributed by atoms with Gasteiger partial charge in [0.1, 0.15) is 0 Å². The normalized spacial score (nSPS) is 41.4. The van der Waals surface area contributed by atoms with Crippen LogP contribution in [0.25, 0.3) is 0 Å². The molecular formula is C36H68N4O3. The Hall–Kier alpha value is -0.730. The fraction of sp³-hybridized carbons (Fsp3) is 0.972. The third-order valence-corrected chi connectivity index (χ3v) is 13.7. The molecule has 11 atom stereocenters. The van der Waals surface area contributed by atoms with E-state index in [1.54, 1.807) is 0 Å². The third kappa shape index (κ3) is 7.01. The minimum absolute atomic E-state index is 0.0233. The second-order valence-electron chi connectivity index (χ2n) is 16.4. The Labute approximate surface area is 263 Å². The van der Waals surface area contributed by atoms with Gasteiger partial charge in [-0.15, -0.1) is 0 Å². The van der Waals surface area contributed by atoms with E-state index in [1.165, 1.54) is 0 Å². The first-order valence-electron chi connectivity index (χ1n) is 18.2. The van der Waals surface area contributed by atoms with Crippen LogP contribution in [0.1, 0.15) is 112 Å². The molecule has 4 aliphatic rings. The summed E-state index contributed by atoms with van der Waals surface area (Å²) in [5, 5.41) is 33.0. The molecule has 250 valence electrons. The van der Waals surface area contributed by atoms with Crippen LogP contribution in [0.2, 0.25) is 0 Å². The van der Waals surface area contributed by atoms with Crippen molar-refractivity contribution in [2.75, 3.05) is 39.3 Å². The van der Waals surface area contributed by atoms with E-state index < -0.39 is 0 Å². The van der Waals surface area contributed by atoms with E-state index in [2.05, 4.69) is 57.5 Å². The molecule has 7 nitrogen and oxygen atoms in total. The average Bonchev–Trinajstić information content (AvgIpc) is 3.29. The molecule has 4 rings (SSSR count). The van der Waals surface area contributed by atoms with Crippen LogP contribution in [-0.2, 0) is 4.79 Å². The van der Waals surface area contributed by atoms with E-state index >= 15 is 0 Å². The van der Waals surface area contributed by atoms with E-state index in [4.69, 9.17) is 5.73 Å². The highest BCUT2D eigenvalue weighted by molar-refractivity contribution is 5.79. The van der Waals surface area contributed by atoms with Gasteiger partial charge in [0.25, 0.3) is 0 Å². The molecule has 0 heterocycles. The van der Waals surface area contributed by atoms with E-state index in [0.717, 1.165) is 96.8 Å². The molecule has 4 saturated carbocycles. The summed E-state index contributed by atoms with van der Waals surface area (Å²) in [7, 11) is 0. The van der Waals surface area contributed by atoms with Crippen molar-refractivity contribution in [3.8, 4) is 0 Å². The van der Waals surface area contributed by atoms with Gasteiger partial charge >= 0.3 is 0 Å². The smallest absolute Gasteiger partial charge is 0.223 e. The molecule has 7 heteroatoms. The SMILES string of the molecule is CC(C)CCCC(C(=O)NCCNCCCNCCN)[C@@H]1CC[C@@]2(C)C1C[C@@H](O)C1[C@@]3(C)CC[C@@H](O)[C@@H](C)C3CC[C@@]12C. The third-order valence-electron chi connectivity index (χ3n) is 13.7. The molecule has 4 aliphatic carbocycles. The van der Waals surface area contributed by atoms with Gasteiger partial charge in [-0.3, -0.25) is 4.79 Å². The van der Waals surface area contributed by atoms with E-state index in [-0.39, 0.29) is 46.2 Å². The maximum Gasteiger partial charge on any atom is 0.223 e. The van der Waals surface area contributed by atoms with Crippen LogP contribution < -0.4 is 21.7 Å². The van der Waals surface area contributed by atoms with Crippen LogP contribution in [0, 0.1) is 57.7 Å². The fourth-order valence-electron chi connectivity index (χ4n) is 11.3. The standard InChI is InChI=1S/C36H68N4O3/c1-24(2)9-7-10-27(33(43)40-22-21-39-19-8-18-38-20-17-37)26-11-15-35(5)29(26)23-31(42)32-34(4)14-13-30(41)25(3)28(34)12-16-36(32,35)6/h24-32,38-39,41-42H,7-23,37H2,1-6H3,(H,40,43)/t25-,26-,27?,28?,29?,30+,31+,32?,34-,35-,36-/m0/s1. The summed E-state index contributed by atoms with van der Waals surface area (Å²) in [6.07, 6.45) is 10.9. The minimum Gasteiger partial charge on any atom is -0.393 e. The molecule has 0 aromatic heterocycles. The molecule has 1 amide bonds. The van der Waals surface area contributed by atoms with E-state index in [1.807, 2.05) is 0 Å². The number of amides is 1. The Morgan fingerprint density at radius 1 is 0.837 bits per heavy atom. The Bertz CT molecular complexity index is 902. The Balaban J connectivity index is 1.45. The van der Waals surface area contributed by atoms with E-state index in [9.17, 15) is 15.0 Å². The molecule has 0 spiro atoms. The van der Waals surface area contributed by atoms with Gasteiger partial charge in [-0.05, 0) is 123 Å². The maximum absolute atomic E-state index is 13.9. The van der Waals surface area contributed by atoms with Crippen molar-refractivity contribution >= 4 is 5.91 Å². The fourth-order valence-corrected chi connectivity index (χ4v) is 11.3. The van der Waals surface area contributed by atoms with Gasteiger partial charge in [-0.1, -0.05) is 54.4 Å². The lowest BCUT2D eigenvalue weighted by Crippen LogP contribution is -2.66. The second kappa shape index (κ2) is 14.8.